The van der Waals surface area contributed by atoms with E-state index in [2.05, 4.69) is 20.8 Å². The first-order chi connectivity index (χ1) is 18.9. The zero-order valence-corrected chi connectivity index (χ0v) is 22.0. The highest BCUT2D eigenvalue weighted by Crippen LogP contribution is 2.30. The molecule has 5 aromatic rings. The normalized spacial score (nSPS) is 11.7. The predicted octanol–water partition coefficient (Wildman–Crippen LogP) is 5.55. The van der Waals surface area contributed by atoms with Gasteiger partial charge in [-0.15, -0.1) is 5.10 Å². The number of rotatable bonds is 8. The fourth-order valence-electron chi connectivity index (χ4n) is 4.37. The molecule has 2 amide bonds. The van der Waals surface area contributed by atoms with Gasteiger partial charge in [-0.05, 0) is 89.5 Å². The minimum Gasteiger partial charge on any atom is -0.467 e. The standard InChI is InChI=1S/C29H25ClN6O3/c1-19-5-3-6-20(2)26(19)32-28(37)27(21-8-12-23(30)13-9-21)35(17-25-7-4-16-39-25)29(38)22-10-14-24(15-11-22)36-18-31-33-34-36/h3-16,18,27H,17H2,1-2H3,(H,32,37). The Morgan fingerprint density at radius 1 is 0.974 bits per heavy atom. The van der Waals surface area contributed by atoms with E-state index >= 15 is 0 Å². The van der Waals surface area contributed by atoms with Crippen LogP contribution in [0.15, 0.2) is 95.9 Å². The van der Waals surface area contributed by atoms with Gasteiger partial charge >= 0.3 is 0 Å². The number of benzene rings is 3. The van der Waals surface area contributed by atoms with Gasteiger partial charge in [-0.25, -0.2) is 4.68 Å². The number of furan rings is 1. The summed E-state index contributed by atoms with van der Waals surface area (Å²) in [6, 6.07) is 22.0. The maximum atomic E-state index is 14.1. The molecule has 0 saturated heterocycles. The van der Waals surface area contributed by atoms with E-state index in [4.69, 9.17) is 16.0 Å². The number of hydrogen-bond donors (Lipinski definition) is 1. The molecule has 2 aromatic heterocycles. The Labute approximate surface area is 230 Å². The van der Waals surface area contributed by atoms with Crippen molar-refractivity contribution in [3.8, 4) is 5.69 Å². The molecule has 0 aliphatic heterocycles. The van der Waals surface area contributed by atoms with Crippen molar-refractivity contribution in [3.05, 3.63) is 124 Å². The Morgan fingerprint density at radius 3 is 2.31 bits per heavy atom. The molecule has 0 spiro atoms. The van der Waals surface area contributed by atoms with Crippen LogP contribution in [0.1, 0.15) is 38.9 Å². The number of tetrazole rings is 1. The van der Waals surface area contributed by atoms with Crippen molar-refractivity contribution >= 4 is 29.1 Å². The monoisotopic (exact) mass is 540 g/mol. The molecule has 39 heavy (non-hydrogen) atoms. The number of hydrogen-bond acceptors (Lipinski definition) is 6. The minimum atomic E-state index is -0.988. The number of anilines is 1. The number of para-hydroxylation sites is 1. The van der Waals surface area contributed by atoms with Crippen molar-refractivity contribution < 1.29 is 14.0 Å². The minimum absolute atomic E-state index is 0.0635. The number of carbonyl (C=O) groups is 2. The van der Waals surface area contributed by atoms with Crippen molar-refractivity contribution in [2.45, 2.75) is 26.4 Å². The summed E-state index contributed by atoms with van der Waals surface area (Å²) in [4.78, 5) is 29.6. The Hall–Kier alpha value is -4.76. The summed E-state index contributed by atoms with van der Waals surface area (Å²) in [6.07, 6.45) is 3.00. The van der Waals surface area contributed by atoms with Crippen LogP contribution in [-0.2, 0) is 11.3 Å². The van der Waals surface area contributed by atoms with Gasteiger partial charge in [-0.2, -0.15) is 0 Å². The first-order valence-corrected chi connectivity index (χ1v) is 12.6. The van der Waals surface area contributed by atoms with Gasteiger partial charge < -0.3 is 14.6 Å². The summed E-state index contributed by atoms with van der Waals surface area (Å²) >= 11 is 6.17. The van der Waals surface area contributed by atoms with Crippen molar-refractivity contribution in [3.63, 3.8) is 0 Å². The van der Waals surface area contributed by atoms with Crippen molar-refractivity contribution in [2.24, 2.45) is 0 Å². The van der Waals surface area contributed by atoms with Gasteiger partial charge in [0.15, 0.2) is 0 Å². The van der Waals surface area contributed by atoms with Gasteiger partial charge in [-0.3, -0.25) is 9.59 Å². The Kier molecular flexibility index (Phi) is 7.51. The van der Waals surface area contributed by atoms with Gasteiger partial charge in [-0.1, -0.05) is 41.9 Å². The van der Waals surface area contributed by atoms with Gasteiger partial charge in [0, 0.05) is 16.3 Å². The number of aryl methyl sites for hydroxylation is 2. The molecule has 0 saturated carbocycles. The van der Waals surface area contributed by atoms with Crippen LogP contribution in [0.25, 0.3) is 5.69 Å². The molecule has 5 rings (SSSR count). The highest BCUT2D eigenvalue weighted by molar-refractivity contribution is 6.30. The highest BCUT2D eigenvalue weighted by atomic mass is 35.5. The third-order valence-corrected chi connectivity index (χ3v) is 6.62. The number of halogens is 1. The number of amides is 2. The molecule has 0 fully saturated rings. The van der Waals surface area contributed by atoms with Crippen LogP contribution in [0.2, 0.25) is 5.02 Å². The first-order valence-electron chi connectivity index (χ1n) is 12.2. The molecular formula is C29H25ClN6O3. The second kappa shape index (κ2) is 11.3. The molecule has 9 nitrogen and oxygen atoms in total. The predicted molar refractivity (Wildman–Crippen MR) is 146 cm³/mol. The molecule has 0 aliphatic carbocycles. The first kappa shape index (κ1) is 25.9. The second-order valence-electron chi connectivity index (χ2n) is 9.02. The average Bonchev–Trinajstić information content (AvgIpc) is 3.66. The van der Waals surface area contributed by atoms with E-state index < -0.39 is 6.04 Å². The number of nitrogens with one attached hydrogen (secondary N) is 1. The Balaban J connectivity index is 1.56. The van der Waals surface area contributed by atoms with Crippen LogP contribution >= 0.6 is 11.6 Å². The summed E-state index contributed by atoms with van der Waals surface area (Å²) in [7, 11) is 0. The maximum absolute atomic E-state index is 14.1. The molecule has 10 heteroatoms. The number of aromatic nitrogens is 4. The SMILES string of the molecule is Cc1cccc(C)c1NC(=O)C(c1ccc(Cl)cc1)N(Cc1ccco1)C(=O)c1ccc(-n2cnnn2)cc1. The van der Waals surface area contributed by atoms with E-state index in [1.165, 1.54) is 22.2 Å². The van der Waals surface area contributed by atoms with Crippen LogP contribution in [0.3, 0.4) is 0 Å². The molecule has 0 bridgehead atoms. The smallest absolute Gasteiger partial charge is 0.255 e. The lowest BCUT2D eigenvalue weighted by molar-refractivity contribution is -0.121. The van der Waals surface area contributed by atoms with Gasteiger partial charge in [0.1, 0.15) is 18.1 Å². The van der Waals surface area contributed by atoms with Crippen LogP contribution in [0, 0.1) is 13.8 Å². The number of nitrogens with zero attached hydrogens (tertiary/aromatic N) is 5. The van der Waals surface area contributed by atoms with Crippen LogP contribution in [-0.4, -0.2) is 36.9 Å². The van der Waals surface area contributed by atoms with E-state index in [1.807, 2.05) is 32.0 Å². The molecule has 2 heterocycles. The topological polar surface area (TPSA) is 106 Å². The molecule has 0 radical (unpaired) electrons. The van der Waals surface area contributed by atoms with Crippen LogP contribution in [0.4, 0.5) is 5.69 Å². The highest BCUT2D eigenvalue weighted by Gasteiger charge is 2.33. The van der Waals surface area contributed by atoms with Crippen LogP contribution < -0.4 is 5.32 Å². The van der Waals surface area contributed by atoms with E-state index in [9.17, 15) is 9.59 Å². The third kappa shape index (κ3) is 5.73. The summed E-state index contributed by atoms with van der Waals surface area (Å²) in [5, 5.41) is 14.8. The van der Waals surface area contributed by atoms with E-state index in [0.29, 0.717) is 33.3 Å². The molecule has 0 aliphatic rings. The number of carbonyl (C=O) groups excluding carboxylic acids is 2. The summed E-state index contributed by atoms with van der Waals surface area (Å²) in [6.45, 7) is 3.92. The van der Waals surface area contributed by atoms with Gasteiger partial charge in [0.25, 0.3) is 11.8 Å². The van der Waals surface area contributed by atoms with Crippen molar-refractivity contribution in [1.82, 2.24) is 25.1 Å². The fraction of sp³-hybridized carbons (Fsp3) is 0.138. The van der Waals surface area contributed by atoms with Crippen molar-refractivity contribution in [2.75, 3.05) is 5.32 Å². The molecule has 1 atom stereocenters. The lowest BCUT2D eigenvalue weighted by Crippen LogP contribution is -2.41. The average molecular weight is 541 g/mol. The quantitative estimate of drug-likeness (QED) is 0.277. The van der Waals surface area contributed by atoms with E-state index in [-0.39, 0.29) is 18.4 Å². The lowest BCUT2D eigenvalue weighted by Gasteiger charge is -2.31. The summed E-state index contributed by atoms with van der Waals surface area (Å²) in [5.41, 5.74) is 4.22. The molecule has 196 valence electrons. The molecule has 1 unspecified atom stereocenters. The summed E-state index contributed by atoms with van der Waals surface area (Å²) < 4.78 is 7.08. The van der Waals surface area contributed by atoms with Crippen LogP contribution in [0.5, 0.6) is 0 Å². The van der Waals surface area contributed by atoms with E-state index in [1.54, 1.807) is 60.7 Å². The third-order valence-electron chi connectivity index (χ3n) is 6.37. The largest absolute Gasteiger partial charge is 0.467 e. The maximum Gasteiger partial charge on any atom is 0.255 e. The molecule has 1 N–H and O–H groups in total. The van der Waals surface area contributed by atoms with Crippen molar-refractivity contribution in [1.29, 1.82) is 0 Å². The van der Waals surface area contributed by atoms with Gasteiger partial charge in [0.05, 0.1) is 18.5 Å². The second-order valence-corrected chi connectivity index (χ2v) is 9.46. The molecule has 3 aromatic carbocycles. The van der Waals surface area contributed by atoms with Gasteiger partial charge in [0.2, 0.25) is 0 Å². The Morgan fingerprint density at radius 2 is 1.69 bits per heavy atom. The van der Waals surface area contributed by atoms with E-state index in [0.717, 1.165) is 11.1 Å². The summed E-state index contributed by atoms with van der Waals surface area (Å²) in [5.74, 6) is -0.182. The zero-order chi connectivity index (χ0) is 27.4. The molecular weight excluding hydrogens is 516 g/mol. The lowest BCUT2D eigenvalue weighted by atomic mass is 10.0. The fourth-order valence-corrected chi connectivity index (χ4v) is 4.50. The zero-order valence-electron chi connectivity index (χ0n) is 21.3. The Bertz CT molecular complexity index is 1550.